The highest BCUT2D eigenvalue weighted by atomic mass is 35.5. The molecule has 0 bridgehead atoms. The van der Waals surface area contributed by atoms with Gasteiger partial charge in [-0.25, -0.2) is 8.42 Å². The van der Waals surface area contributed by atoms with Crippen LogP contribution in [0, 0.1) is 0 Å². The van der Waals surface area contributed by atoms with Gasteiger partial charge in [0.25, 0.3) is 0 Å². The maximum absolute atomic E-state index is 11.6. The number of carbonyl (C=O) groups is 1. The average Bonchev–Trinajstić information content (AvgIpc) is 2.35. The molecule has 0 saturated carbocycles. The van der Waals surface area contributed by atoms with E-state index in [1.807, 2.05) is 6.92 Å². The fourth-order valence-electron chi connectivity index (χ4n) is 1.41. The summed E-state index contributed by atoms with van der Waals surface area (Å²) in [5.41, 5.74) is 0.511. The zero-order valence-electron chi connectivity index (χ0n) is 11.5. The zero-order valence-corrected chi connectivity index (χ0v) is 13.1. The first-order valence-corrected chi connectivity index (χ1v) is 8.65. The van der Waals surface area contributed by atoms with Crippen molar-refractivity contribution in [2.75, 3.05) is 23.9 Å². The van der Waals surface area contributed by atoms with Gasteiger partial charge in [0.2, 0.25) is 5.91 Å². The number of carbonyl (C=O) groups excluding carboxylic acids is 1. The molecular weight excluding hydrogens is 302 g/mol. The SMILES string of the molecule is CCCOc1ccc(NC(=O)CCS(C)(=O)=O)cc1Cl. The largest absolute Gasteiger partial charge is 0.492 e. The summed E-state index contributed by atoms with van der Waals surface area (Å²) >= 11 is 6.03. The number of hydrogen-bond donors (Lipinski definition) is 1. The van der Waals surface area contributed by atoms with Crippen LogP contribution in [0.1, 0.15) is 19.8 Å². The first-order chi connectivity index (χ1) is 9.31. The topological polar surface area (TPSA) is 72.5 Å². The molecule has 0 aliphatic heterocycles. The van der Waals surface area contributed by atoms with Gasteiger partial charge in [0.05, 0.1) is 17.4 Å². The molecular formula is C13H18ClNO4S. The number of nitrogens with one attached hydrogen (secondary N) is 1. The van der Waals surface area contributed by atoms with E-state index in [0.29, 0.717) is 23.1 Å². The molecule has 1 aromatic carbocycles. The molecule has 1 N–H and O–H groups in total. The van der Waals surface area contributed by atoms with E-state index in [2.05, 4.69) is 5.32 Å². The number of amides is 1. The van der Waals surface area contributed by atoms with Crippen molar-refractivity contribution in [2.45, 2.75) is 19.8 Å². The molecule has 20 heavy (non-hydrogen) atoms. The third-order valence-corrected chi connectivity index (χ3v) is 3.62. The second-order valence-electron chi connectivity index (χ2n) is 4.42. The van der Waals surface area contributed by atoms with Gasteiger partial charge in [-0.2, -0.15) is 0 Å². The summed E-state index contributed by atoms with van der Waals surface area (Å²) in [4.78, 5) is 11.6. The molecule has 0 aliphatic carbocycles. The third kappa shape index (κ3) is 6.25. The summed E-state index contributed by atoms with van der Waals surface area (Å²) in [7, 11) is -3.14. The quantitative estimate of drug-likeness (QED) is 0.838. The van der Waals surface area contributed by atoms with Crippen LogP contribution in [-0.4, -0.2) is 32.9 Å². The van der Waals surface area contributed by atoms with E-state index < -0.39 is 9.84 Å². The van der Waals surface area contributed by atoms with Crippen LogP contribution >= 0.6 is 11.6 Å². The van der Waals surface area contributed by atoms with Crippen LogP contribution in [0.15, 0.2) is 18.2 Å². The fourth-order valence-corrected chi connectivity index (χ4v) is 2.20. The molecule has 0 spiro atoms. The minimum atomic E-state index is -3.14. The van der Waals surface area contributed by atoms with Crippen molar-refractivity contribution < 1.29 is 17.9 Å². The number of benzene rings is 1. The van der Waals surface area contributed by atoms with Crippen molar-refractivity contribution >= 4 is 33.0 Å². The number of sulfone groups is 1. The van der Waals surface area contributed by atoms with E-state index in [0.717, 1.165) is 12.7 Å². The molecule has 1 aromatic rings. The van der Waals surface area contributed by atoms with Gasteiger partial charge in [-0.1, -0.05) is 18.5 Å². The summed E-state index contributed by atoms with van der Waals surface area (Å²) in [6, 6.07) is 4.91. The maximum Gasteiger partial charge on any atom is 0.225 e. The molecule has 7 heteroatoms. The van der Waals surface area contributed by atoms with E-state index in [9.17, 15) is 13.2 Å². The number of rotatable bonds is 7. The third-order valence-electron chi connectivity index (χ3n) is 2.38. The second-order valence-corrected chi connectivity index (χ2v) is 7.09. The van der Waals surface area contributed by atoms with Gasteiger partial charge in [0.15, 0.2) is 0 Å². The smallest absolute Gasteiger partial charge is 0.225 e. The molecule has 0 aromatic heterocycles. The summed E-state index contributed by atoms with van der Waals surface area (Å²) < 4.78 is 27.4. The molecule has 1 rings (SSSR count). The van der Waals surface area contributed by atoms with Crippen LogP contribution in [0.3, 0.4) is 0 Å². The lowest BCUT2D eigenvalue weighted by Gasteiger charge is -2.09. The molecule has 5 nitrogen and oxygen atoms in total. The average molecular weight is 320 g/mol. The Morgan fingerprint density at radius 2 is 2.10 bits per heavy atom. The van der Waals surface area contributed by atoms with Crippen molar-refractivity contribution in [2.24, 2.45) is 0 Å². The van der Waals surface area contributed by atoms with Crippen molar-refractivity contribution in [3.8, 4) is 5.75 Å². The summed E-state index contributed by atoms with van der Waals surface area (Å²) in [6.07, 6.45) is 1.89. The molecule has 0 fully saturated rings. The van der Waals surface area contributed by atoms with E-state index in [4.69, 9.17) is 16.3 Å². The predicted octanol–water partition coefficient (Wildman–Crippen LogP) is 2.50. The van der Waals surface area contributed by atoms with Gasteiger partial charge in [-0.3, -0.25) is 4.79 Å². The van der Waals surface area contributed by atoms with Crippen LogP contribution in [0.2, 0.25) is 5.02 Å². The normalized spacial score (nSPS) is 11.2. The highest BCUT2D eigenvalue weighted by Gasteiger charge is 2.09. The van der Waals surface area contributed by atoms with Crippen molar-refractivity contribution in [3.63, 3.8) is 0 Å². The molecule has 0 radical (unpaired) electrons. The van der Waals surface area contributed by atoms with E-state index in [-0.39, 0.29) is 18.1 Å². The maximum atomic E-state index is 11.6. The van der Waals surface area contributed by atoms with E-state index in [1.165, 1.54) is 0 Å². The van der Waals surface area contributed by atoms with Gasteiger partial charge in [-0.05, 0) is 24.6 Å². The van der Waals surface area contributed by atoms with Gasteiger partial charge in [0, 0.05) is 18.4 Å². The van der Waals surface area contributed by atoms with Crippen molar-refractivity contribution in [1.82, 2.24) is 0 Å². The Morgan fingerprint density at radius 3 is 2.65 bits per heavy atom. The fraction of sp³-hybridized carbons (Fsp3) is 0.462. The number of ether oxygens (including phenoxy) is 1. The molecule has 0 unspecified atom stereocenters. The Balaban J connectivity index is 2.60. The molecule has 112 valence electrons. The van der Waals surface area contributed by atoms with Crippen molar-refractivity contribution in [1.29, 1.82) is 0 Å². The second kappa shape index (κ2) is 7.50. The first kappa shape index (κ1) is 16.8. The lowest BCUT2D eigenvalue weighted by molar-refractivity contribution is -0.115. The summed E-state index contributed by atoms with van der Waals surface area (Å²) in [5.74, 6) is 0.0148. The molecule has 0 saturated heterocycles. The van der Waals surface area contributed by atoms with Crippen LogP contribution in [0.5, 0.6) is 5.75 Å². The Bertz CT molecular complexity index is 572. The molecule has 0 heterocycles. The van der Waals surface area contributed by atoms with Crippen LogP contribution in [0.4, 0.5) is 5.69 Å². The van der Waals surface area contributed by atoms with Gasteiger partial charge < -0.3 is 10.1 Å². The highest BCUT2D eigenvalue weighted by molar-refractivity contribution is 7.90. The van der Waals surface area contributed by atoms with Gasteiger partial charge in [-0.15, -0.1) is 0 Å². The van der Waals surface area contributed by atoms with Crippen molar-refractivity contribution in [3.05, 3.63) is 23.2 Å². The van der Waals surface area contributed by atoms with Crippen LogP contribution in [-0.2, 0) is 14.6 Å². The van der Waals surface area contributed by atoms with Crippen LogP contribution < -0.4 is 10.1 Å². The number of halogens is 1. The first-order valence-electron chi connectivity index (χ1n) is 6.21. The zero-order chi connectivity index (χ0) is 15.2. The summed E-state index contributed by atoms with van der Waals surface area (Å²) in [5, 5.41) is 3.00. The lowest BCUT2D eigenvalue weighted by Crippen LogP contribution is -2.16. The van der Waals surface area contributed by atoms with Crippen LogP contribution in [0.25, 0.3) is 0 Å². The molecule has 0 aliphatic rings. The molecule has 1 amide bonds. The monoisotopic (exact) mass is 319 g/mol. The predicted molar refractivity (Wildman–Crippen MR) is 80.2 cm³/mol. The van der Waals surface area contributed by atoms with Gasteiger partial charge >= 0.3 is 0 Å². The highest BCUT2D eigenvalue weighted by Crippen LogP contribution is 2.27. The standard InChI is InChI=1S/C13H18ClNO4S/c1-3-7-19-12-5-4-10(9-11(12)14)15-13(16)6-8-20(2,17)18/h4-5,9H,3,6-8H2,1-2H3,(H,15,16). The lowest BCUT2D eigenvalue weighted by atomic mass is 10.3. The minimum absolute atomic E-state index is 0.0788. The number of hydrogen-bond acceptors (Lipinski definition) is 4. The Hall–Kier alpha value is -1.27. The Kier molecular flexibility index (Phi) is 6.29. The minimum Gasteiger partial charge on any atom is -0.492 e. The van der Waals surface area contributed by atoms with E-state index >= 15 is 0 Å². The Labute approximate surface area is 124 Å². The molecule has 0 atom stereocenters. The summed E-state index contributed by atoms with van der Waals surface area (Å²) in [6.45, 7) is 2.56. The van der Waals surface area contributed by atoms with Gasteiger partial charge in [0.1, 0.15) is 15.6 Å². The Morgan fingerprint density at radius 1 is 1.40 bits per heavy atom. The van der Waals surface area contributed by atoms with E-state index in [1.54, 1.807) is 18.2 Å². The number of anilines is 1.